The number of aryl methyl sites for hydroxylation is 1. The van der Waals surface area contributed by atoms with Crippen molar-refractivity contribution in [3.63, 3.8) is 0 Å². The molecule has 0 amide bonds. The SMILES string of the molecule is Cc1ncc(C(c2ccc(N(C)N)c(N)c2C)C(C)(C)C(=O)O)cc1Cn1ccnc1CC1CCCCCC1. The summed E-state index contributed by atoms with van der Waals surface area (Å²) in [6.07, 6.45) is 14.6. The van der Waals surface area contributed by atoms with Gasteiger partial charge in [-0.25, -0.2) is 10.8 Å². The summed E-state index contributed by atoms with van der Waals surface area (Å²) >= 11 is 0. The van der Waals surface area contributed by atoms with Gasteiger partial charge in [0, 0.05) is 43.7 Å². The molecule has 2 heterocycles. The summed E-state index contributed by atoms with van der Waals surface area (Å²) in [5, 5.41) is 11.8. The molecule has 8 heteroatoms. The van der Waals surface area contributed by atoms with Crippen molar-refractivity contribution >= 4 is 17.3 Å². The molecule has 1 unspecified atom stereocenters. The fourth-order valence-electron chi connectivity index (χ4n) is 6.06. The summed E-state index contributed by atoms with van der Waals surface area (Å²) in [5.74, 6) is 6.43. The number of benzene rings is 1. The number of carboxylic acid groups (broad SMARTS) is 1. The number of pyridine rings is 1. The predicted molar refractivity (Wildman–Crippen MR) is 157 cm³/mol. The minimum absolute atomic E-state index is 0.463. The van der Waals surface area contributed by atoms with Crippen molar-refractivity contribution in [2.45, 2.75) is 85.1 Å². The Bertz CT molecular complexity index is 1300. The first-order valence-electron chi connectivity index (χ1n) is 14.1. The summed E-state index contributed by atoms with van der Waals surface area (Å²) in [5.41, 5.74) is 11.1. The van der Waals surface area contributed by atoms with Crippen LogP contribution < -0.4 is 16.6 Å². The van der Waals surface area contributed by atoms with Crippen LogP contribution in [0.5, 0.6) is 0 Å². The van der Waals surface area contributed by atoms with E-state index in [-0.39, 0.29) is 0 Å². The normalized spacial score (nSPS) is 15.6. The van der Waals surface area contributed by atoms with Crippen LogP contribution >= 0.6 is 0 Å². The number of carbonyl (C=O) groups is 1. The highest BCUT2D eigenvalue weighted by molar-refractivity contribution is 5.78. The molecule has 0 aliphatic heterocycles. The molecule has 8 nitrogen and oxygen atoms in total. The maximum Gasteiger partial charge on any atom is 0.310 e. The van der Waals surface area contributed by atoms with Crippen molar-refractivity contribution in [3.8, 4) is 0 Å². The second-order valence-corrected chi connectivity index (χ2v) is 11.8. The van der Waals surface area contributed by atoms with E-state index in [0.29, 0.717) is 23.8 Å². The van der Waals surface area contributed by atoms with E-state index in [1.54, 1.807) is 20.9 Å². The van der Waals surface area contributed by atoms with Crippen LogP contribution in [0.25, 0.3) is 0 Å². The second kappa shape index (κ2) is 11.8. The first kappa shape index (κ1) is 28.6. The van der Waals surface area contributed by atoms with Gasteiger partial charge >= 0.3 is 5.97 Å². The second-order valence-electron chi connectivity index (χ2n) is 11.8. The van der Waals surface area contributed by atoms with E-state index in [9.17, 15) is 9.90 Å². The number of nitrogens with zero attached hydrogens (tertiary/aromatic N) is 4. The van der Waals surface area contributed by atoms with E-state index in [2.05, 4.69) is 10.6 Å². The summed E-state index contributed by atoms with van der Waals surface area (Å²) in [4.78, 5) is 22.0. The standard InChI is InChI=1S/C31H44N6O2/c1-20-25(12-13-26(29(20)32)36(5)33)28(31(3,4)30(38)39)23-17-24(21(2)35-18-23)19-37-15-14-34-27(37)16-22-10-8-6-7-9-11-22/h12-15,17-18,22,28H,6-11,16,19,32-33H2,1-5H3,(H,38,39). The van der Waals surface area contributed by atoms with E-state index < -0.39 is 17.3 Å². The summed E-state index contributed by atoms with van der Waals surface area (Å²) in [6, 6.07) is 5.92. The van der Waals surface area contributed by atoms with Crippen LogP contribution in [-0.4, -0.2) is 32.7 Å². The molecule has 1 saturated carbocycles. The number of imidazole rings is 1. The molecule has 0 bridgehead atoms. The highest BCUT2D eigenvalue weighted by Crippen LogP contribution is 2.45. The molecule has 5 N–H and O–H groups in total. The minimum Gasteiger partial charge on any atom is -0.481 e. The summed E-state index contributed by atoms with van der Waals surface area (Å²) in [6.45, 7) is 8.11. The lowest BCUT2D eigenvalue weighted by molar-refractivity contribution is -0.147. The summed E-state index contributed by atoms with van der Waals surface area (Å²) in [7, 11) is 1.74. The molecule has 0 spiro atoms. The monoisotopic (exact) mass is 532 g/mol. The van der Waals surface area contributed by atoms with Crippen molar-refractivity contribution in [1.29, 1.82) is 0 Å². The number of hydrogen-bond acceptors (Lipinski definition) is 6. The zero-order valence-corrected chi connectivity index (χ0v) is 24.1. The maximum atomic E-state index is 12.6. The number of aromatic nitrogens is 3. The Balaban J connectivity index is 1.72. The van der Waals surface area contributed by atoms with Crippen LogP contribution in [0.1, 0.15) is 92.1 Å². The van der Waals surface area contributed by atoms with Gasteiger partial charge in [0.1, 0.15) is 5.82 Å². The fraction of sp³-hybridized carbons (Fsp3) is 0.516. The molecule has 4 rings (SSSR count). The fourth-order valence-corrected chi connectivity index (χ4v) is 6.06. The Morgan fingerprint density at radius 3 is 2.51 bits per heavy atom. The van der Waals surface area contributed by atoms with Crippen LogP contribution in [0.15, 0.2) is 36.8 Å². The topological polar surface area (TPSA) is 123 Å². The van der Waals surface area contributed by atoms with Crippen LogP contribution in [0, 0.1) is 25.2 Å². The van der Waals surface area contributed by atoms with E-state index in [0.717, 1.165) is 40.2 Å². The average Bonchev–Trinajstić information content (AvgIpc) is 3.14. The van der Waals surface area contributed by atoms with Gasteiger partial charge in [-0.3, -0.25) is 9.78 Å². The third-order valence-corrected chi connectivity index (χ3v) is 8.63. The highest BCUT2D eigenvalue weighted by Gasteiger charge is 2.40. The Morgan fingerprint density at radius 1 is 1.18 bits per heavy atom. The zero-order valence-electron chi connectivity index (χ0n) is 24.1. The largest absolute Gasteiger partial charge is 0.481 e. The van der Waals surface area contributed by atoms with Gasteiger partial charge in [0.2, 0.25) is 0 Å². The lowest BCUT2D eigenvalue weighted by Gasteiger charge is -2.33. The Kier molecular flexibility index (Phi) is 8.64. The van der Waals surface area contributed by atoms with Crippen LogP contribution in [-0.2, 0) is 17.8 Å². The number of hydrazine groups is 1. The highest BCUT2D eigenvalue weighted by atomic mass is 16.4. The molecule has 39 heavy (non-hydrogen) atoms. The van der Waals surface area contributed by atoms with E-state index in [1.807, 2.05) is 44.6 Å². The zero-order chi connectivity index (χ0) is 28.3. The molecule has 1 fully saturated rings. The van der Waals surface area contributed by atoms with Crippen LogP contribution in [0.3, 0.4) is 0 Å². The van der Waals surface area contributed by atoms with Gasteiger partial charge in [0.05, 0.1) is 23.3 Å². The van der Waals surface area contributed by atoms with Crippen molar-refractivity contribution < 1.29 is 9.90 Å². The number of carboxylic acids is 1. The Hall–Kier alpha value is -3.39. The molecular weight excluding hydrogens is 488 g/mol. The number of aliphatic carboxylic acids is 1. The van der Waals surface area contributed by atoms with Crippen molar-refractivity contribution in [2.75, 3.05) is 17.8 Å². The smallest absolute Gasteiger partial charge is 0.310 e. The number of rotatable bonds is 9. The quantitative estimate of drug-likeness (QED) is 0.142. The minimum atomic E-state index is -1.11. The molecule has 0 saturated heterocycles. The van der Waals surface area contributed by atoms with E-state index in [1.165, 1.54) is 43.5 Å². The van der Waals surface area contributed by atoms with Gasteiger partial charge < -0.3 is 20.4 Å². The van der Waals surface area contributed by atoms with Gasteiger partial charge in [-0.05, 0) is 61.9 Å². The molecule has 1 atom stereocenters. The number of nitrogens with two attached hydrogens (primary N) is 2. The molecule has 1 aliphatic carbocycles. The predicted octanol–water partition coefficient (Wildman–Crippen LogP) is 5.59. The third kappa shape index (κ3) is 6.11. The molecule has 1 aliphatic rings. The first-order chi connectivity index (χ1) is 18.5. The summed E-state index contributed by atoms with van der Waals surface area (Å²) < 4.78 is 2.23. The molecule has 1 aromatic carbocycles. The van der Waals surface area contributed by atoms with Crippen LogP contribution in [0.4, 0.5) is 11.4 Å². The third-order valence-electron chi connectivity index (χ3n) is 8.63. The van der Waals surface area contributed by atoms with Crippen molar-refractivity contribution in [2.24, 2.45) is 17.2 Å². The number of nitrogen functional groups attached to an aromatic ring is 1. The van der Waals surface area contributed by atoms with Gasteiger partial charge in [0.15, 0.2) is 0 Å². The number of hydrogen-bond donors (Lipinski definition) is 3. The molecular formula is C31H44N6O2. The van der Waals surface area contributed by atoms with Crippen LogP contribution in [0.2, 0.25) is 0 Å². The van der Waals surface area contributed by atoms with Gasteiger partial charge in [-0.1, -0.05) is 50.7 Å². The number of anilines is 2. The molecule has 3 aromatic rings. The van der Waals surface area contributed by atoms with E-state index >= 15 is 0 Å². The van der Waals surface area contributed by atoms with Gasteiger partial charge in [-0.15, -0.1) is 0 Å². The first-order valence-corrected chi connectivity index (χ1v) is 14.1. The van der Waals surface area contributed by atoms with Crippen molar-refractivity contribution in [3.05, 3.63) is 70.6 Å². The van der Waals surface area contributed by atoms with E-state index in [4.69, 9.17) is 21.5 Å². The Morgan fingerprint density at radius 2 is 1.87 bits per heavy atom. The lowest BCUT2D eigenvalue weighted by Crippen LogP contribution is -2.33. The Labute approximate surface area is 232 Å². The molecule has 210 valence electrons. The molecule has 2 aromatic heterocycles. The lowest BCUT2D eigenvalue weighted by atomic mass is 9.70. The molecule has 0 radical (unpaired) electrons. The van der Waals surface area contributed by atoms with Gasteiger partial charge in [-0.2, -0.15) is 0 Å². The average molecular weight is 533 g/mol. The van der Waals surface area contributed by atoms with Gasteiger partial charge in [0.25, 0.3) is 0 Å². The maximum absolute atomic E-state index is 12.6. The van der Waals surface area contributed by atoms with Crippen molar-refractivity contribution in [1.82, 2.24) is 14.5 Å².